The van der Waals surface area contributed by atoms with Gasteiger partial charge < -0.3 is 29.6 Å². The van der Waals surface area contributed by atoms with E-state index in [0.29, 0.717) is 5.75 Å². The van der Waals surface area contributed by atoms with Crippen molar-refractivity contribution in [3.63, 3.8) is 0 Å². The Morgan fingerprint density at radius 1 is 1.03 bits per heavy atom. The summed E-state index contributed by atoms with van der Waals surface area (Å²) in [7, 11) is 4.20. The molecule has 0 aliphatic heterocycles. The average molecular weight is 468 g/mol. The van der Waals surface area contributed by atoms with Crippen molar-refractivity contribution in [1.82, 2.24) is 5.32 Å². The van der Waals surface area contributed by atoms with Crippen LogP contribution in [0.25, 0.3) is 0 Å². The maximum atomic E-state index is 12.7. The zero-order chi connectivity index (χ0) is 23.8. The third-order valence-corrected chi connectivity index (χ3v) is 4.38. The molecule has 0 saturated heterocycles. The van der Waals surface area contributed by atoms with Gasteiger partial charge in [0.25, 0.3) is 0 Å². The molecule has 8 nitrogen and oxygen atoms in total. The van der Waals surface area contributed by atoms with Crippen LogP contribution in [0.15, 0.2) is 12.1 Å². The topological polar surface area (TPSA) is 95.1 Å². The smallest absolute Gasteiger partial charge is 0.441 e. The van der Waals surface area contributed by atoms with E-state index in [1.54, 1.807) is 20.8 Å². The lowest BCUT2D eigenvalue weighted by molar-refractivity contribution is -0.118. The maximum absolute atomic E-state index is 12.7. The Kier molecular flexibility index (Phi) is 9.60. The molecule has 0 aliphatic rings. The number of methoxy groups -OCH3 is 3. The van der Waals surface area contributed by atoms with E-state index in [0.717, 1.165) is 0 Å². The number of thioether (sulfide) groups is 1. The van der Waals surface area contributed by atoms with Crippen LogP contribution in [-0.2, 0) is 9.53 Å². The number of alkyl halides is 3. The molecule has 0 spiro atoms. The van der Waals surface area contributed by atoms with Crippen LogP contribution >= 0.6 is 11.8 Å². The third-order valence-electron chi connectivity index (χ3n) is 3.61. The summed E-state index contributed by atoms with van der Waals surface area (Å²) < 4.78 is 58.2. The van der Waals surface area contributed by atoms with Gasteiger partial charge in [-0.15, -0.1) is 0 Å². The highest BCUT2D eigenvalue weighted by molar-refractivity contribution is 8.00. The number of rotatable bonds is 9. The number of amides is 2. The fourth-order valence-electron chi connectivity index (χ4n) is 2.39. The zero-order valence-electron chi connectivity index (χ0n) is 18.1. The van der Waals surface area contributed by atoms with E-state index in [1.165, 1.54) is 33.5 Å². The van der Waals surface area contributed by atoms with E-state index in [9.17, 15) is 22.8 Å². The molecule has 0 fully saturated rings. The van der Waals surface area contributed by atoms with E-state index >= 15 is 0 Å². The summed E-state index contributed by atoms with van der Waals surface area (Å²) in [5.41, 5.74) is -5.06. The molecule has 0 aliphatic carbocycles. The van der Waals surface area contributed by atoms with Gasteiger partial charge in [-0.05, 0) is 27.2 Å². The molecule has 2 N–H and O–H groups in total. The standard InChI is InChI=1S/C19H27F3N2O6S/c1-18(2,3)30-17(26)24-12(7-8-31-19(20,21)22)16(25)23-11-9-13(27-4)15(29-6)14(10-11)28-5/h9-10,12H,7-8H2,1-6H3,(H,23,25)(H,24,26)/t12-/m0/s1. The van der Waals surface area contributed by atoms with Crippen molar-refractivity contribution in [2.45, 2.75) is 44.3 Å². The molecular weight excluding hydrogens is 441 g/mol. The lowest BCUT2D eigenvalue weighted by Gasteiger charge is -2.23. The number of benzene rings is 1. The average Bonchev–Trinajstić information content (AvgIpc) is 2.63. The molecule has 0 heterocycles. The third kappa shape index (κ3) is 9.45. The minimum Gasteiger partial charge on any atom is -0.493 e. The van der Waals surface area contributed by atoms with Gasteiger partial charge >= 0.3 is 11.6 Å². The summed E-state index contributed by atoms with van der Waals surface area (Å²) >= 11 is -0.286. The van der Waals surface area contributed by atoms with Crippen molar-refractivity contribution in [3.05, 3.63) is 12.1 Å². The molecule has 1 atom stereocenters. The first-order valence-corrected chi connectivity index (χ1v) is 10.1. The number of halogens is 3. The first kappa shape index (κ1) is 26.5. The van der Waals surface area contributed by atoms with E-state index in [2.05, 4.69) is 10.6 Å². The Bertz CT molecular complexity index is 743. The van der Waals surface area contributed by atoms with Crippen LogP contribution in [0.4, 0.5) is 23.7 Å². The molecule has 2 amide bonds. The van der Waals surface area contributed by atoms with Crippen LogP contribution in [0.1, 0.15) is 27.2 Å². The van der Waals surface area contributed by atoms with Crippen molar-refractivity contribution < 1.29 is 41.7 Å². The summed E-state index contributed by atoms with van der Waals surface area (Å²) in [5, 5.41) is 4.86. The minimum absolute atomic E-state index is 0.235. The van der Waals surface area contributed by atoms with Crippen LogP contribution in [-0.4, -0.2) is 56.2 Å². The quantitative estimate of drug-likeness (QED) is 0.561. The second-order valence-electron chi connectivity index (χ2n) is 7.18. The monoisotopic (exact) mass is 468 g/mol. The first-order chi connectivity index (χ1) is 14.3. The molecule has 1 rings (SSSR count). The van der Waals surface area contributed by atoms with Gasteiger partial charge in [-0.25, -0.2) is 4.79 Å². The minimum atomic E-state index is -4.45. The van der Waals surface area contributed by atoms with Gasteiger partial charge in [0.15, 0.2) is 11.5 Å². The normalized spacial score (nSPS) is 12.5. The maximum Gasteiger partial charge on any atom is 0.441 e. The number of hydrogen-bond acceptors (Lipinski definition) is 7. The lowest BCUT2D eigenvalue weighted by atomic mass is 10.2. The molecule has 0 saturated carbocycles. The number of carbonyl (C=O) groups excluding carboxylic acids is 2. The van der Waals surface area contributed by atoms with Gasteiger partial charge in [0.1, 0.15) is 11.6 Å². The summed E-state index contributed by atoms with van der Waals surface area (Å²) in [6.07, 6.45) is -1.20. The Balaban J connectivity index is 3.03. The second kappa shape index (κ2) is 11.2. The van der Waals surface area contributed by atoms with E-state index in [-0.39, 0.29) is 35.4 Å². The number of carbonyl (C=O) groups is 2. The zero-order valence-corrected chi connectivity index (χ0v) is 19.0. The fourth-order valence-corrected chi connectivity index (χ4v) is 2.98. The summed E-state index contributed by atoms with van der Waals surface area (Å²) in [4.78, 5) is 24.8. The molecule has 0 radical (unpaired) electrons. The van der Waals surface area contributed by atoms with Crippen molar-refractivity contribution in [2.24, 2.45) is 0 Å². The Labute approximate surface area is 183 Å². The van der Waals surface area contributed by atoms with Crippen molar-refractivity contribution in [1.29, 1.82) is 0 Å². The number of ether oxygens (including phenoxy) is 4. The Hall–Kier alpha value is -2.50. The Morgan fingerprint density at radius 3 is 2.00 bits per heavy atom. The summed E-state index contributed by atoms with van der Waals surface area (Å²) in [6, 6.07) is 1.63. The highest BCUT2D eigenvalue weighted by Crippen LogP contribution is 2.40. The van der Waals surface area contributed by atoms with Gasteiger partial charge in [-0.2, -0.15) is 13.2 Å². The molecule has 1 aromatic carbocycles. The molecule has 31 heavy (non-hydrogen) atoms. The van der Waals surface area contributed by atoms with Gasteiger partial charge in [0.05, 0.1) is 21.3 Å². The number of nitrogens with one attached hydrogen (secondary N) is 2. The molecule has 12 heteroatoms. The first-order valence-electron chi connectivity index (χ1n) is 9.10. The SMILES string of the molecule is COc1cc(NC(=O)[C@H](CCSC(F)(F)F)NC(=O)OC(C)(C)C)cc(OC)c1OC. The molecular formula is C19H27F3N2O6S. The van der Waals surface area contributed by atoms with Crippen molar-refractivity contribution >= 4 is 29.4 Å². The molecule has 1 aromatic rings. The predicted molar refractivity (Wildman–Crippen MR) is 111 cm³/mol. The number of anilines is 1. The van der Waals surface area contributed by atoms with Crippen LogP contribution in [0.5, 0.6) is 17.2 Å². The molecule has 176 valence electrons. The molecule has 0 unspecified atom stereocenters. The van der Waals surface area contributed by atoms with Crippen molar-refractivity contribution in [3.8, 4) is 17.2 Å². The number of alkyl carbamates (subject to hydrolysis) is 1. The van der Waals surface area contributed by atoms with Gasteiger partial charge in [0, 0.05) is 23.6 Å². The van der Waals surface area contributed by atoms with Crippen molar-refractivity contribution in [2.75, 3.05) is 32.4 Å². The van der Waals surface area contributed by atoms with E-state index in [4.69, 9.17) is 18.9 Å². The van der Waals surface area contributed by atoms with E-state index < -0.39 is 34.9 Å². The fraction of sp³-hybridized carbons (Fsp3) is 0.579. The van der Waals surface area contributed by atoms with E-state index in [1.807, 2.05) is 0 Å². The van der Waals surface area contributed by atoms with Crippen LogP contribution in [0, 0.1) is 0 Å². The molecule has 0 aromatic heterocycles. The van der Waals surface area contributed by atoms with Crippen LogP contribution < -0.4 is 24.8 Å². The van der Waals surface area contributed by atoms with Gasteiger partial charge in [-0.1, -0.05) is 11.8 Å². The largest absolute Gasteiger partial charge is 0.493 e. The number of hydrogen-bond donors (Lipinski definition) is 2. The summed E-state index contributed by atoms with van der Waals surface area (Å²) in [6.45, 7) is 4.87. The Morgan fingerprint density at radius 2 is 1.58 bits per heavy atom. The highest BCUT2D eigenvalue weighted by Gasteiger charge is 2.30. The van der Waals surface area contributed by atoms with Crippen LogP contribution in [0.2, 0.25) is 0 Å². The molecule has 0 bridgehead atoms. The van der Waals surface area contributed by atoms with Crippen LogP contribution in [0.3, 0.4) is 0 Å². The van der Waals surface area contributed by atoms with Gasteiger partial charge in [0.2, 0.25) is 11.7 Å². The highest BCUT2D eigenvalue weighted by atomic mass is 32.2. The predicted octanol–water partition coefficient (Wildman–Crippen LogP) is 4.19. The lowest BCUT2D eigenvalue weighted by Crippen LogP contribution is -2.46. The summed E-state index contributed by atoms with van der Waals surface area (Å²) in [5.74, 6) is -0.342. The second-order valence-corrected chi connectivity index (χ2v) is 8.34. The van der Waals surface area contributed by atoms with Gasteiger partial charge in [-0.3, -0.25) is 4.79 Å².